The Hall–Kier alpha value is -2.55. The van der Waals surface area contributed by atoms with E-state index in [9.17, 15) is 18.0 Å². The molecule has 1 aliphatic rings. The molecule has 1 saturated heterocycles. The van der Waals surface area contributed by atoms with Crippen LogP contribution >= 0.6 is 0 Å². The van der Waals surface area contributed by atoms with E-state index >= 15 is 0 Å². The van der Waals surface area contributed by atoms with Crippen LogP contribution in [-0.4, -0.2) is 54.4 Å². The van der Waals surface area contributed by atoms with Crippen molar-refractivity contribution < 1.29 is 17.9 Å². The van der Waals surface area contributed by atoms with Gasteiger partial charge in [0.1, 0.15) is 6.54 Å². The summed E-state index contributed by atoms with van der Waals surface area (Å²) >= 11 is 0. The van der Waals surface area contributed by atoms with Crippen LogP contribution in [0.15, 0.2) is 35.3 Å². The second-order valence-electron chi connectivity index (χ2n) is 6.36. The molecule has 0 N–H and O–H groups in total. The van der Waals surface area contributed by atoms with Gasteiger partial charge in [0.05, 0.1) is 19.0 Å². The molecule has 0 aliphatic carbocycles. The smallest absolute Gasteiger partial charge is 0.269 e. The minimum Gasteiger partial charge on any atom is -0.494 e. The second kappa shape index (κ2) is 8.43. The molecule has 2 heterocycles. The van der Waals surface area contributed by atoms with E-state index in [1.807, 2.05) is 11.0 Å². The van der Waals surface area contributed by atoms with Gasteiger partial charge >= 0.3 is 0 Å². The van der Waals surface area contributed by atoms with Crippen LogP contribution in [0.2, 0.25) is 0 Å². The van der Waals surface area contributed by atoms with E-state index in [1.54, 1.807) is 6.07 Å². The lowest BCUT2D eigenvalue weighted by molar-refractivity contribution is 0.119. The normalized spacial score (nSPS) is 15.4. The Bertz CT molecular complexity index is 836. The van der Waals surface area contributed by atoms with Crippen molar-refractivity contribution in [2.45, 2.75) is 19.5 Å². The highest BCUT2D eigenvalue weighted by atomic mass is 19.3. The van der Waals surface area contributed by atoms with Gasteiger partial charge in [-0.15, -0.1) is 0 Å². The summed E-state index contributed by atoms with van der Waals surface area (Å²) in [6.07, 6.45) is -1.18. The van der Waals surface area contributed by atoms with Crippen LogP contribution in [0.1, 0.15) is 5.56 Å². The number of hydrogen-bond acceptors (Lipinski definition) is 5. The third-order valence-electron chi connectivity index (χ3n) is 4.53. The molecule has 0 unspecified atom stereocenters. The molecule has 1 aliphatic heterocycles. The van der Waals surface area contributed by atoms with Gasteiger partial charge in [-0.1, -0.05) is 6.07 Å². The summed E-state index contributed by atoms with van der Waals surface area (Å²) in [5.74, 6) is -0.165. The molecule has 0 amide bonds. The average Bonchev–Trinajstić information content (AvgIpc) is 2.64. The molecule has 146 valence electrons. The lowest BCUT2D eigenvalue weighted by Crippen LogP contribution is -2.46. The monoisotopic (exact) mass is 382 g/mol. The van der Waals surface area contributed by atoms with E-state index < -0.39 is 18.5 Å². The number of methoxy groups -OCH3 is 1. The molecule has 1 fully saturated rings. The molecule has 9 heteroatoms. The number of hydrogen-bond donors (Lipinski definition) is 0. The molecule has 0 radical (unpaired) electrons. The van der Waals surface area contributed by atoms with Crippen LogP contribution in [0.5, 0.6) is 5.75 Å². The molecular formula is C18H21F3N4O2. The molecule has 0 atom stereocenters. The Balaban J connectivity index is 1.58. The van der Waals surface area contributed by atoms with E-state index in [2.05, 4.69) is 10.00 Å². The van der Waals surface area contributed by atoms with Crippen LogP contribution < -0.4 is 15.2 Å². The Morgan fingerprint density at radius 1 is 1.19 bits per heavy atom. The first kappa shape index (κ1) is 19.2. The molecule has 0 saturated carbocycles. The first-order chi connectivity index (χ1) is 13.0. The van der Waals surface area contributed by atoms with Crippen LogP contribution in [0.3, 0.4) is 0 Å². The first-order valence-corrected chi connectivity index (χ1v) is 8.61. The molecule has 6 nitrogen and oxygen atoms in total. The number of nitrogens with zero attached hydrogens (tertiary/aromatic N) is 4. The summed E-state index contributed by atoms with van der Waals surface area (Å²) in [6.45, 7) is 2.70. The Morgan fingerprint density at radius 2 is 1.93 bits per heavy atom. The SMILES string of the molecule is COc1ccc(CN2CCN(c3cnn(CC(F)F)c(=O)c3)CC2)cc1F. The molecular weight excluding hydrogens is 361 g/mol. The average molecular weight is 382 g/mol. The zero-order chi connectivity index (χ0) is 19.4. The van der Waals surface area contributed by atoms with Crippen molar-refractivity contribution in [1.29, 1.82) is 0 Å². The van der Waals surface area contributed by atoms with Crippen LogP contribution in [-0.2, 0) is 13.1 Å². The van der Waals surface area contributed by atoms with E-state index in [0.717, 1.165) is 23.3 Å². The van der Waals surface area contributed by atoms with Crippen LogP contribution in [0, 0.1) is 5.82 Å². The standard InChI is InChI=1S/C18H21F3N4O2/c1-27-16-3-2-13(8-15(16)19)11-23-4-6-24(7-5-23)14-9-18(26)25(22-10-14)12-17(20)21/h2-3,8-10,17H,4-7,11-12H2,1H3. The Kier molecular flexibility index (Phi) is 6.00. The van der Waals surface area contributed by atoms with Gasteiger partial charge in [-0.3, -0.25) is 9.69 Å². The minimum atomic E-state index is -2.62. The summed E-state index contributed by atoms with van der Waals surface area (Å²) < 4.78 is 44.3. The zero-order valence-electron chi connectivity index (χ0n) is 14.9. The molecule has 1 aromatic heterocycles. The van der Waals surface area contributed by atoms with Gasteiger partial charge in [-0.05, 0) is 17.7 Å². The van der Waals surface area contributed by atoms with Gasteiger partial charge in [0.15, 0.2) is 11.6 Å². The third kappa shape index (κ3) is 4.79. The van der Waals surface area contributed by atoms with Crippen molar-refractivity contribution in [3.63, 3.8) is 0 Å². The zero-order valence-corrected chi connectivity index (χ0v) is 14.9. The second-order valence-corrected chi connectivity index (χ2v) is 6.36. The van der Waals surface area contributed by atoms with E-state index in [1.165, 1.54) is 25.4 Å². The number of benzene rings is 1. The first-order valence-electron chi connectivity index (χ1n) is 8.61. The van der Waals surface area contributed by atoms with Gasteiger partial charge in [0, 0.05) is 38.8 Å². The van der Waals surface area contributed by atoms with Gasteiger partial charge in [-0.25, -0.2) is 17.9 Å². The number of aromatic nitrogens is 2. The number of anilines is 1. The number of alkyl halides is 2. The number of piperazine rings is 1. The predicted octanol–water partition coefficient (Wildman–Crippen LogP) is 1.98. The largest absolute Gasteiger partial charge is 0.494 e. The van der Waals surface area contributed by atoms with Crippen LogP contribution in [0.25, 0.3) is 0 Å². The van der Waals surface area contributed by atoms with Crippen molar-refractivity contribution in [3.05, 3.63) is 52.2 Å². The fraction of sp³-hybridized carbons (Fsp3) is 0.444. The van der Waals surface area contributed by atoms with Gasteiger partial charge in [0.2, 0.25) is 0 Å². The van der Waals surface area contributed by atoms with E-state index in [0.29, 0.717) is 25.3 Å². The molecule has 3 rings (SSSR count). The summed E-state index contributed by atoms with van der Waals surface area (Å²) in [5, 5.41) is 3.82. The number of halogens is 3. The summed E-state index contributed by atoms with van der Waals surface area (Å²) in [7, 11) is 1.43. The maximum atomic E-state index is 13.8. The van der Waals surface area contributed by atoms with E-state index in [-0.39, 0.29) is 11.6 Å². The van der Waals surface area contributed by atoms with Crippen molar-refractivity contribution >= 4 is 5.69 Å². The van der Waals surface area contributed by atoms with Crippen molar-refractivity contribution in [1.82, 2.24) is 14.7 Å². The Labute approximate surface area is 154 Å². The van der Waals surface area contributed by atoms with Gasteiger partial charge in [0.25, 0.3) is 12.0 Å². The van der Waals surface area contributed by atoms with Crippen molar-refractivity contribution in [2.75, 3.05) is 38.2 Å². The molecule has 0 spiro atoms. The maximum absolute atomic E-state index is 13.8. The van der Waals surface area contributed by atoms with Gasteiger partial charge in [-0.2, -0.15) is 5.10 Å². The topological polar surface area (TPSA) is 50.6 Å². The highest BCUT2D eigenvalue weighted by molar-refractivity contribution is 5.43. The Morgan fingerprint density at radius 3 is 2.52 bits per heavy atom. The molecule has 0 bridgehead atoms. The fourth-order valence-corrected chi connectivity index (χ4v) is 3.10. The van der Waals surface area contributed by atoms with Crippen molar-refractivity contribution in [3.8, 4) is 5.75 Å². The summed E-state index contributed by atoms with van der Waals surface area (Å²) in [5.41, 5.74) is 0.947. The third-order valence-corrected chi connectivity index (χ3v) is 4.53. The highest BCUT2D eigenvalue weighted by Gasteiger charge is 2.19. The quantitative estimate of drug-likeness (QED) is 0.765. The number of rotatable bonds is 6. The minimum absolute atomic E-state index is 0.220. The van der Waals surface area contributed by atoms with Gasteiger partial charge < -0.3 is 9.64 Å². The summed E-state index contributed by atoms with van der Waals surface area (Å²) in [4.78, 5) is 16.1. The molecule has 27 heavy (non-hydrogen) atoms. The molecule has 1 aromatic carbocycles. The lowest BCUT2D eigenvalue weighted by atomic mass is 10.1. The molecule has 2 aromatic rings. The predicted molar refractivity (Wildman–Crippen MR) is 94.9 cm³/mol. The van der Waals surface area contributed by atoms with E-state index in [4.69, 9.17) is 4.74 Å². The highest BCUT2D eigenvalue weighted by Crippen LogP contribution is 2.20. The number of ether oxygens (including phenoxy) is 1. The van der Waals surface area contributed by atoms with Crippen LogP contribution in [0.4, 0.5) is 18.9 Å². The lowest BCUT2D eigenvalue weighted by Gasteiger charge is -2.35. The fourth-order valence-electron chi connectivity index (χ4n) is 3.10. The maximum Gasteiger partial charge on any atom is 0.269 e. The summed E-state index contributed by atoms with van der Waals surface area (Å²) in [6, 6.07) is 6.25. The van der Waals surface area contributed by atoms with Crippen molar-refractivity contribution in [2.24, 2.45) is 0 Å².